The Morgan fingerprint density at radius 3 is 1.52 bits per heavy atom. The number of nitrogens with one attached hydrogen (secondary N) is 4. The molecule has 3 atom stereocenters. The van der Waals surface area contributed by atoms with Gasteiger partial charge in [-0.15, -0.1) is 0 Å². The lowest BCUT2D eigenvalue weighted by atomic mass is 10.0. The molecule has 0 rings (SSSR count). The number of amides is 4. The molecular weight excluding hydrogens is 805 g/mol. The van der Waals surface area contributed by atoms with Gasteiger partial charge in [-0.3, -0.25) is 33.9 Å². The Morgan fingerprint density at radius 1 is 0.517 bits per heavy atom. The van der Waals surface area contributed by atoms with Gasteiger partial charge in [0.15, 0.2) is 0 Å². The van der Waals surface area contributed by atoms with Gasteiger partial charge in [0.1, 0.15) is 25.3 Å². The van der Waals surface area contributed by atoms with Crippen LogP contribution in [0.1, 0.15) is 128 Å². The molecule has 0 heterocycles. The van der Waals surface area contributed by atoms with Crippen molar-refractivity contribution in [2.24, 2.45) is 4.99 Å². The maximum atomic E-state index is 12.3. The van der Waals surface area contributed by atoms with Gasteiger partial charge in [0.2, 0.25) is 17.7 Å². The van der Waals surface area contributed by atoms with E-state index in [2.05, 4.69) is 35.4 Å². The molecule has 0 aliphatic heterocycles. The molecule has 4 amide bonds. The van der Waals surface area contributed by atoms with Gasteiger partial charge in [-0.25, -0.2) is 9.79 Å². The zero-order valence-electron chi connectivity index (χ0n) is 35.3. The second kappa shape index (κ2) is 40.8. The Kier molecular flexibility index (Phi) is 38.3. The SMILES string of the molecule is O=C(O)CCCCCCCCCCCCCCCC(=O)N[C@@H](CCC(=O)NCCOCCOCC(=O)NCCOCCOCC(=O)N=CCCC[C@H](NP)C(=O)O)C(=O)O. The van der Waals surface area contributed by atoms with E-state index in [1.807, 2.05) is 0 Å². The lowest BCUT2D eigenvalue weighted by Gasteiger charge is -2.14. The summed E-state index contributed by atoms with van der Waals surface area (Å²) in [5, 5.41) is 37.5. The fourth-order valence-electron chi connectivity index (χ4n) is 5.63. The van der Waals surface area contributed by atoms with Crippen LogP contribution in [0.3, 0.4) is 0 Å². The Hall–Kier alpha value is -3.61. The van der Waals surface area contributed by atoms with Crippen molar-refractivity contribution in [3.05, 3.63) is 0 Å². The van der Waals surface area contributed by atoms with E-state index in [9.17, 15) is 38.7 Å². The summed E-state index contributed by atoms with van der Waals surface area (Å²) in [7, 11) is 2.17. The van der Waals surface area contributed by atoms with Gasteiger partial charge in [-0.05, 0) is 38.5 Å². The third-order valence-electron chi connectivity index (χ3n) is 8.99. The molecule has 0 aromatic carbocycles. The van der Waals surface area contributed by atoms with E-state index in [0.29, 0.717) is 25.7 Å². The van der Waals surface area contributed by atoms with Gasteiger partial charge in [-0.1, -0.05) is 80.0 Å². The summed E-state index contributed by atoms with van der Waals surface area (Å²) in [5.41, 5.74) is 0. The molecule has 0 saturated carbocycles. The molecule has 346 valence electrons. The van der Waals surface area contributed by atoms with Gasteiger partial charge < -0.3 is 50.2 Å². The van der Waals surface area contributed by atoms with E-state index in [1.165, 1.54) is 31.9 Å². The van der Waals surface area contributed by atoms with Crippen LogP contribution >= 0.6 is 9.39 Å². The second-order valence-corrected chi connectivity index (χ2v) is 14.5. The maximum Gasteiger partial charge on any atom is 0.326 e. The van der Waals surface area contributed by atoms with E-state index >= 15 is 0 Å². The number of carboxylic acid groups (broad SMARTS) is 3. The summed E-state index contributed by atoms with van der Waals surface area (Å²) in [4.78, 5) is 84.9. The zero-order chi connectivity index (χ0) is 44.5. The molecule has 0 aliphatic rings. The first-order valence-corrected chi connectivity index (χ1v) is 21.9. The molecule has 0 fully saturated rings. The Labute approximate surface area is 356 Å². The van der Waals surface area contributed by atoms with E-state index in [-0.39, 0.29) is 109 Å². The van der Waals surface area contributed by atoms with Crippen LogP contribution in [-0.2, 0) is 52.5 Å². The van der Waals surface area contributed by atoms with Crippen molar-refractivity contribution in [1.29, 1.82) is 0 Å². The monoisotopic (exact) mass is 877 g/mol. The van der Waals surface area contributed by atoms with Crippen LogP contribution in [0.5, 0.6) is 0 Å². The number of hydrogen-bond donors (Lipinski definition) is 7. The molecule has 0 bridgehead atoms. The minimum Gasteiger partial charge on any atom is -0.481 e. The van der Waals surface area contributed by atoms with Crippen molar-refractivity contribution in [2.75, 3.05) is 65.9 Å². The maximum absolute atomic E-state index is 12.3. The lowest BCUT2D eigenvalue weighted by molar-refractivity contribution is -0.142. The van der Waals surface area contributed by atoms with Crippen molar-refractivity contribution < 1.29 is 67.8 Å². The Bertz CT molecular complexity index is 1230. The number of aliphatic imine (C=N–C) groups is 1. The molecule has 60 heavy (non-hydrogen) atoms. The van der Waals surface area contributed by atoms with Crippen molar-refractivity contribution in [1.82, 2.24) is 21.0 Å². The van der Waals surface area contributed by atoms with Crippen molar-refractivity contribution in [3.8, 4) is 0 Å². The van der Waals surface area contributed by atoms with Gasteiger partial charge >= 0.3 is 17.9 Å². The largest absolute Gasteiger partial charge is 0.481 e. The molecule has 0 saturated heterocycles. The highest BCUT2D eigenvalue weighted by Gasteiger charge is 2.21. The number of carboxylic acids is 3. The summed E-state index contributed by atoms with van der Waals surface area (Å²) in [5.74, 6) is -4.35. The zero-order valence-corrected chi connectivity index (χ0v) is 36.5. The molecule has 0 spiro atoms. The first-order chi connectivity index (χ1) is 29.0. The molecule has 19 nitrogen and oxygen atoms in total. The Morgan fingerprint density at radius 2 is 1.00 bits per heavy atom. The average molecular weight is 878 g/mol. The third-order valence-corrected chi connectivity index (χ3v) is 9.39. The summed E-state index contributed by atoms with van der Waals surface area (Å²) in [6, 6.07) is -1.81. The number of nitrogens with zero attached hydrogens (tertiary/aromatic N) is 1. The minimum absolute atomic E-state index is 0.0350. The summed E-state index contributed by atoms with van der Waals surface area (Å²) < 4.78 is 21.2. The fraction of sp³-hybridized carbons (Fsp3) is 0.800. The summed E-state index contributed by atoms with van der Waals surface area (Å²) in [6.45, 7) is 1.22. The van der Waals surface area contributed by atoms with Gasteiger partial charge in [-0.2, -0.15) is 0 Å². The lowest BCUT2D eigenvalue weighted by Crippen LogP contribution is -2.41. The van der Waals surface area contributed by atoms with E-state index in [4.69, 9.17) is 29.2 Å². The van der Waals surface area contributed by atoms with Gasteiger partial charge in [0.25, 0.3) is 5.91 Å². The highest BCUT2D eigenvalue weighted by Crippen LogP contribution is 2.13. The molecule has 0 aromatic rings. The highest BCUT2D eigenvalue weighted by molar-refractivity contribution is 7.13. The van der Waals surface area contributed by atoms with Crippen LogP contribution < -0.4 is 21.0 Å². The van der Waals surface area contributed by atoms with Crippen LogP contribution in [0, 0.1) is 0 Å². The minimum atomic E-state index is -1.19. The second-order valence-electron chi connectivity index (χ2n) is 14.2. The first kappa shape index (κ1) is 56.4. The Balaban J connectivity index is 3.69. The van der Waals surface area contributed by atoms with E-state index in [1.54, 1.807) is 0 Å². The number of ether oxygens (including phenoxy) is 4. The molecule has 7 N–H and O–H groups in total. The number of carbonyl (C=O) groups is 7. The first-order valence-electron chi connectivity index (χ1n) is 21.3. The molecule has 1 unspecified atom stereocenters. The normalized spacial score (nSPS) is 12.2. The van der Waals surface area contributed by atoms with E-state index in [0.717, 1.165) is 51.4 Å². The molecule has 0 aliphatic carbocycles. The highest BCUT2D eigenvalue weighted by atomic mass is 31.0. The van der Waals surface area contributed by atoms with Crippen LogP contribution in [0.2, 0.25) is 0 Å². The predicted octanol–water partition coefficient (Wildman–Crippen LogP) is 3.17. The number of rotatable bonds is 43. The summed E-state index contributed by atoms with van der Waals surface area (Å²) >= 11 is 0. The van der Waals surface area contributed by atoms with Crippen LogP contribution in [0.15, 0.2) is 4.99 Å². The smallest absolute Gasteiger partial charge is 0.326 e. The predicted molar refractivity (Wildman–Crippen MR) is 227 cm³/mol. The van der Waals surface area contributed by atoms with E-state index < -0.39 is 35.9 Å². The van der Waals surface area contributed by atoms with Crippen LogP contribution in [0.25, 0.3) is 0 Å². The quantitative estimate of drug-likeness (QED) is 0.0263. The standard InChI is InChI=1S/C40H72N5O14P/c46-34(20-19-32(39(52)53)44-35(47)17-12-10-8-6-4-2-1-3-5-7-9-11-13-18-38(50)51)42-22-24-56-26-29-59-31-37(49)43-23-25-57-27-28-58-30-36(48)41-21-15-14-16-33(45-60)40(54)55/h21,32-33,45H,1-20,22-31,60H2,(H,42,46)(H,43,49)(H,44,47)(H,50,51)(H,52,53)(H,54,55)/t32-,33-/m0/s1. The molecule has 0 radical (unpaired) electrons. The number of hydrogen-bond acceptors (Lipinski definition) is 12. The average Bonchev–Trinajstić information content (AvgIpc) is 3.20. The topological polar surface area (TPSA) is 278 Å². The summed E-state index contributed by atoms with van der Waals surface area (Å²) in [6.07, 6.45) is 16.9. The number of unbranched alkanes of at least 4 members (excludes halogenated alkanes) is 13. The number of carbonyl (C=O) groups excluding carboxylic acids is 4. The van der Waals surface area contributed by atoms with Crippen molar-refractivity contribution >= 4 is 57.1 Å². The molecule has 20 heteroatoms. The molecule has 0 aromatic heterocycles. The van der Waals surface area contributed by atoms with Crippen molar-refractivity contribution in [2.45, 2.75) is 141 Å². The number of aliphatic carboxylic acids is 3. The van der Waals surface area contributed by atoms with Crippen LogP contribution in [-0.4, -0.2) is 141 Å². The fourth-order valence-corrected chi connectivity index (χ4v) is 5.94. The van der Waals surface area contributed by atoms with Gasteiger partial charge in [0.05, 0.1) is 39.6 Å². The molecular formula is C40H72N5O14P. The van der Waals surface area contributed by atoms with Gasteiger partial charge in [0, 0.05) is 38.6 Å². The third kappa shape index (κ3) is 38.6. The van der Waals surface area contributed by atoms with Crippen molar-refractivity contribution in [3.63, 3.8) is 0 Å². The van der Waals surface area contributed by atoms with Crippen LogP contribution in [0.4, 0.5) is 0 Å².